The molecular formula is C5H6Cl2O. The molecule has 0 aromatic heterocycles. The highest BCUT2D eigenvalue weighted by atomic mass is 35.5. The summed E-state index contributed by atoms with van der Waals surface area (Å²) in [4.78, 5) is 10.4. The molecule has 46 valence electrons. The van der Waals surface area contributed by atoms with Crippen molar-refractivity contribution in [3.63, 3.8) is 0 Å². The zero-order chi connectivity index (χ0) is 6.57. The normalized spacial score (nSPS) is 8.38. The molecule has 0 aliphatic rings. The fourth-order valence-corrected chi connectivity index (χ4v) is 0.467. The maximum absolute atomic E-state index is 10.4. The number of ketones is 1. The summed E-state index contributed by atoms with van der Waals surface area (Å²) < 4.78 is 0.0249. The highest BCUT2D eigenvalue weighted by Gasteiger charge is 1.91. The van der Waals surface area contributed by atoms with Gasteiger partial charge in [-0.25, -0.2) is 0 Å². The van der Waals surface area contributed by atoms with Crippen molar-refractivity contribution >= 4 is 29.0 Å². The van der Waals surface area contributed by atoms with Crippen LogP contribution in [0, 0.1) is 0 Å². The highest BCUT2D eigenvalue weighted by molar-refractivity contribution is 6.56. The molecule has 0 radical (unpaired) electrons. The molecule has 0 bridgehead atoms. The summed E-state index contributed by atoms with van der Waals surface area (Å²) in [5, 5.41) is 0. The fourth-order valence-electron chi connectivity index (χ4n) is 0.224. The first kappa shape index (κ1) is 7.99. The van der Waals surface area contributed by atoms with E-state index in [2.05, 4.69) is 0 Å². The Labute approximate surface area is 58.3 Å². The van der Waals surface area contributed by atoms with Gasteiger partial charge in [0.15, 0.2) is 5.78 Å². The lowest BCUT2D eigenvalue weighted by atomic mass is 10.3. The monoisotopic (exact) mass is 152 g/mol. The van der Waals surface area contributed by atoms with Crippen molar-refractivity contribution in [2.24, 2.45) is 0 Å². The van der Waals surface area contributed by atoms with Crippen molar-refractivity contribution in [1.82, 2.24) is 0 Å². The van der Waals surface area contributed by atoms with Gasteiger partial charge in [0.05, 0.1) is 0 Å². The van der Waals surface area contributed by atoms with Crippen molar-refractivity contribution < 1.29 is 4.79 Å². The zero-order valence-corrected chi connectivity index (χ0v) is 5.96. The van der Waals surface area contributed by atoms with E-state index < -0.39 is 0 Å². The zero-order valence-electron chi connectivity index (χ0n) is 4.45. The first-order chi connectivity index (χ1) is 3.66. The number of hydrogen-bond donors (Lipinski definition) is 0. The third kappa shape index (κ3) is 4.16. The minimum absolute atomic E-state index is 0.0249. The summed E-state index contributed by atoms with van der Waals surface area (Å²) in [5.74, 6) is -0.0509. The molecule has 0 rings (SSSR count). The Morgan fingerprint density at radius 2 is 2.12 bits per heavy atom. The largest absolute Gasteiger partial charge is 0.295 e. The Kier molecular flexibility index (Phi) is 3.92. The van der Waals surface area contributed by atoms with E-state index >= 15 is 0 Å². The molecule has 8 heavy (non-hydrogen) atoms. The van der Waals surface area contributed by atoms with Crippen LogP contribution in [0.5, 0.6) is 0 Å². The van der Waals surface area contributed by atoms with Crippen LogP contribution in [0.3, 0.4) is 0 Å². The first-order valence-electron chi connectivity index (χ1n) is 2.22. The molecule has 1 nitrogen and oxygen atoms in total. The number of carbonyl (C=O) groups is 1. The molecule has 0 aromatic carbocycles. The number of halogens is 2. The summed E-state index contributed by atoms with van der Waals surface area (Å²) in [5.41, 5.74) is 0. The smallest absolute Gasteiger partial charge is 0.157 e. The van der Waals surface area contributed by atoms with Gasteiger partial charge in [0.2, 0.25) is 0 Å². The second-order valence-corrected chi connectivity index (χ2v) is 2.26. The molecular weight excluding hydrogens is 147 g/mol. The second kappa shape index (κ2) is 3.93. The van der Waals surface area contributed by atoms with Crippen LogP contribution in [-0.4, -0.2) is 5.78 Å². The van der Waals surface area contributed by atoms with Gasteiger partial charge in [-0.3, -0.25) is 4.79 Å². The Hall–Kier alpha value is -0.0100. The lowest BCUT2D eigenvalue weighted by Gasteiger charge is -1.81. The predicted molar refractivity (Wildman–Crippen MR) is 35.1 cm³/mol. The lowest BCUT2D eigenvalue weighted by molar-refractivity contribution is -0.114. The number of allylic oxidation sites excluding steroid dienone is 1. The second-order valence-electron chi connectivity index (χ2n) is 1.25. The summed E-state index contributed by atoms with van der Waals surface area (Å²) in [7, 11) is 0. The number of rotatable bonds is 2. The SMILES string of the molecule is CCC(=O)C=C(Cl)Cl. The van der Waals surface area contributed by atoms with Crippen LogP contribution in [0.25, 0.3) is 0 Å². The van der Waals surface area contributed by atoms with Crippen molar-refractivity contribution in [3.8, 4) is 0 Å². The van der Waals surface area contributed by atoms with Gasteiger partial charge in [0, 0.05) is 12.5 Å². The molecule has 0 aliphatic heterocycles. The van der Waals surface area contributed by atoms with Gasteiger partial charge in [-0.2, -0.15) is 0 Å². The summed E-state index contributed by atoms with van der Waals surface area (Å²) >= 11 is 10.3. The molecule has 0 aromatic rings. The molecule has 0 aliphatic carbocycles. The van der Waals surface area contributed by atoms with Crippen molar-refractivity contribution in [2.45, 2.75) is 13.3 Å². The van der Waals surface area contributed by atoms with E-state index in [-0.39, 0.29) is 10.3 Å². The van der Waals surface area contributed by atoms with Crippen LogP contribution in [0.2, 0.25) is 0 Å². The van der Waals surface area contributed by atoms with E-state index in [1.807, 2.05) is 0 Å². The van der Waals surface area contributed by atoms with Gasteiger partial charge in [-0.15, -0.1) is 0 Å². The van der Waals surface area contributed by atoms with Gasteiger partial charge in [0.25, 0.3) is 0 Å². The highest BCUT2D eigenvalue weighted by Crippen LogP contribution is 2.05. The molecule has 0 atom stereocenters. The minimum Gasteiger partial charge on any atom is -0.295 e. The molecule has 0 spiro atoms. The topological polar surface area (TPSA) is 17.1 Å². The summed E-state index contributed by atoms with van der Waals surface area (Å²) in [6.07, 6.45) is 1.64. The van der Waals surface area contributed by atoms with E-state index in [1.54, 1.807) is 6.92 Å². The number of carbonyl (C=O) groups excluding carboxylic acids is 1. The summed E-state index contributed by atoms with van der Waals surface area (Å²) in [6.45, 7) is 1.75. The van der Waals surface area contributed by atoms with Gasteiger partial charge < -0.3 is 0 Å². The fraction of sp³-hybridized carbons (Fsp3) is 0.400. The lowest BCUT2D eigenvalue weighted by Crippen LogP contribution is -1.86. The van der Waals surface area contributed by atoms with Crippen LogP contribution in [0.4, 0.5) is 0 Å². The molecule has 0 saturated carbocycles. The van der Waals surface area contributed by atoms with E-state index in [1.165, 1.54) is 6.08 Å². The van der Waals surface area contributed by atoms with E-state index in [9.17, 15) is 4.79 Å². The van der Waals surface area contributed by atoms with Crippen LogP contribution in [-0.2, 0) is 4.79 Å². The first-order valence-corrected chi connectivity index (χ1v) is 2.98. The average Bonchev–Trinajstić information content (AvgIpc) is 1.65. The molecule has 3 heteroatoms. The van der Waals surface area contributed by atoms with E-state index in [4.69, 9.17) is 23.2 Å². The van der Waals surface area contributed by atoms with Crippen LogP contribution in [0.1, 0.15) is 13.3 Å². The Balaban J connectivity index is 3.70. The molecule has 0 N–H and O–H groups in total. The summed E-state index contributed by atoms with van der Waals surface area (Å²) in [6, 6.07) is 0. The predicted octanol–water partition coefficient (Wildman–Crippen LogP) is 2.28. The maximum atomic E-state index is 10.4. The van der Waals surface area contributed by atoms with Crippen molar-refractivity contribution in [2.75, 3.05) is 0 Å². The third-order valence-electron chi connectivity index (χ3n) is 0.619. The molecule has 0 amide bonds. The minimum atomic E-state index is -0.0509. The van der Waals surface area contributed by atoms with Gasteiger partial charge in [-0.1, -0.05) is 30.1 Å². The van der Waals surface area contributed by atoms with Crippen LogP contribution >= 0.6 is 23.2 Å². The Bertz CT molecular complexity index is 114. The standard InChI is InChI=1S/C5H6Cl2O/c1-2-4(8)3-5(6)7/h3H,2H2,1H3. The number of hydrogen-bond acceptors (Lipinski definition) is 1. The average molecular weight is 153 g/mol. The Morgan fingerprint density at radius 1 is 1.62 bits per heavy atom. The Morgan fingerprint density at radius 3 is 2.25 bits per heavy atom. The van der Waals surface area contributed by atoms with E-state index in [0.29, 0.717) is 6.42 Å². The van der Waals surface area contributed by atoms with Crippen LogP contribution in [0.15, 0.2) is 10.6 Å². The molecule has 0 fully saturated rings. The molecule has 0 unspecified atom stereocenters. The molecule has 0 saturated heterocycles. The third-order valence-corrected chi connectivity index (χ3v) is 0.837. The van der Waals surface area contributed by atoms with Crippen molar-refractivity contribution in [3.05, 3.63) is 10.6 Å². The van der Waals surface area contributed by atoms with Crippen LogP contribution < -0.4 is 0 Å². The van der Waals surface area contributed by atoms with Gasteiger partial charge in [0.1, 0.15) is 4.49 Å². The quantitative estimate of drug-likeness (QED) is 0.556. The maximum Gasteiger partial charge on any atom is 0.157 e. The van der Waals surface area contributed by atoms with Gasteiger partial charge >= 0.3 is 0 Å². The molecule has 0 heterocycles. The van der Waals surface area contributed by atoms with E-state index in [0.717, 1.165) is 0 Å². The van der Waals surface area contributed by atoms with Gasteiger partial charge in [-0.05, 0) is 0 Å². The van der Waals surface area contributed by atoms with Crippen molar-refractivity contribution in [1.29, 1.82) is 0 Å².